The average Bonchev–Trinajstić information content (AvgIpc) is 2.27. The lowest BCUT2D eigenvalue weighted by Crippen LogP contribution is -2.23. The third-order valence-electron chi connectivity index (χ3n) is 2.11. The minimum Gasteiger partial charge on any atom is -0.398 e. The van der Waals surface area contributed by atoms with E-state index in [1.54, 1.807) is 14.1 Å². The Balaban J connectivity index is 3.41. The highest BCUT2D eigenvalue weighted by atomic mass is 16.2. The molecule has 0 aliphatic rings. The molecular formula is C11H11N3O2. The number of hydrogen-bond acceptors (Lipinski definition) is 4. The van der Waals surface area contributed by atoms with E-state index in [9.17, 15) is 9.59 Å². The van der Waals surface area contributed by atoms with Gasteiger partial charge in [-0.25, -0.2) is 0 Å². The van der Waals surface area contributed by atoms with Crippen LogP contribution in [0.15, 0.2) is 12.1 Å². The lowest BCUT2D eigenvalue weighted by Gasteiger charge is -2.12. The van der Waals surface area contributed by atoms with Gasteiger partial charge in [0, 0.05) is 19.7 Å². The normalized spacial score (nSPS) is 9.31. The summed E-state index contributed by atoms with van der Waals surface area (Å²) in [6, 6.07) is 4.53. The number of hydrogen-bond donors (Lipinski definition) is 1. The molecule has 0 atom stereocenters. The molecule has 0 aromatic heterocycles. The van der Waals surface area contributed by atoms with Crippen molar-refractivity contribution in [1.29, 1.82) is 5.26 Å². The molecule has 1 aromatic carbocycles. The van der Waals surface area contributed by atoms with E-state index in [1.807, 2.05) is 6.07 Å². The van der Waals surface area contributed by atoms with Crippen LogP contribution in [0.2, 0.25) is 0 Å². The molecule has 0 saturated heterocycles. The molecule has 2 N–H and O–H groups in total. The first-order valence-electron chi connectivity index (χ1n) is 4.51. The van der Waals surface area contributed by atoms with E-state index in [-0.39, 0.29) is 28.3 Å². The van der Waals surface area contributed by atoms with E-state index in [2.05, 4.69) is 0 Å². The van der Waals surface area contributed by atoms with Crippen LogP contribution in [0.3, 0.4) is 0 Å². The second-order valence-electron chi connectivity index (χ2n) is 3.46. The molecule has 1 amide bonds. The molecule has 5 nitrogen and oxygen atoms in total. The van der Waals surface area contributed by atoms with E-state index in [4.69, 9.17) is 11.0 Å². The molecule has 0 fully saturated rings. The maximum Gasteiger partial charge on any atom is 0.254 e. The summed E-state index contributed by atoms with van der Waals surface area (Å²) in [7, 11) is 3.15. The molecule has 0 aliphatic carbocycles. The standard InChI is InChI=1S/C11H11N3O2/c1-14(2)11(16)9-4-10(13)7(5-12)3-8(9)6-15/h3-4,6H,13H2,1-2H3. The third-order valence-corrected chi connectivity index (χ3v) is 2.11. The smallest absolute Gasteiger partial charge is 0.254 e. The van der Waals surface area contributed by atoms with Gasteiger partial charge in [-0.05, 0) is 12.1 Å². The van der Waals surface area contributed by atoms with Crippen LogP contribution in [-0.2, 0) is 0 Å². The van der Waals surface area contributed by atoms with E-state index in [0.29, 0.717) is 6.29 Å². The summed E-state index contributed by atoms with van der Waals surface area (Å²) in [6.45, 7) is 0. The number of nitrogen functional groups attached to an aromatic ring is 1. The summed E-state index contributed by atoms with van der Waals surface area (Å²) in [4.78, 5) is 23.9. The molecule has 0 radical (unpaired) electrons. The van der Waals surface area contributed by atoms with Crippen LogP contribution in [-0.4, -0.2) is 31.2 Å². The van der Waals surface area contributed by atoms with Gasteiger partial charge in [0.25, 0.3) is 5.91 Å². The fourth-order valence-corrected chi connectivity index (χ4v) is 1.25. The molecule has 0 spiro atoms. The van der Waals surface area contributed by atoms with Gasteiger partial charge in [-0.15, -0.1) is 0 Å². The monoisotopic (exact) mass is 217 g/mol. The Morgan fingerprint density at radius 2 is 2.12 bits per heavy atom. The van der Waals surface area contributed by atoms with Gasteiger partial charge in [0.05, 0.1) is 16.8 Å². The highest BCUT2D eigenvalue weighted by Gasteiger charge is 2.15. The van der Waals surface area contributed by atoms with Gasteiger partial charge in [0.1, 0.15) is 6.07 Å². The van der Waals surface area contributed by atoms with Crippen LogP contribution in [0.1, 0.15) is 26.3 Å². The topological polar surface area (TPSA) is 87.2 Å². The van der Waals surface area contributed by atoms with Crippen molar-refractivity contribution in [2.45, 2.75) is 0 Å². The highest BCUT2D eigenvalue weighted by Crippen LogP contribution is 2.18. The number of carbonyl (C=O) groups is 2. The van der Waals surface area contributed by atoms with Gasteiger partial charge in [0.15, 0.2) is 6.29 Å². The fraction of sp³-hybridized carbons (Fsp3) is 0.182. The summed E-state index contributed by atoms with van der Waals surface area (Å²) in [6.07, 6.45) is 0.539. The van der Waals surface area contributed by atoms with Crippen LogP contribution >= 0.6 is 0 Å². The maximum absolute atomic E-state index is 11.7. The minimum absolute atomic E-state index is 0.171. The predicted octanol–water partition coefficient (Wildman–Crippen LogP) is 0.655. The Morgan fingerprint density at radius 3 is 2.56 bits per heavy atom. The number of rotatable bonds is 2. The van der Waals surface area contributed by atoms with Crippen LogP contribution in [0.5, 0.6) is 0 Å². The van der Waals surface area contributed by atoms with Crippen molar-refractivity contribution in [3.63, 3.8) is 0 Å². The predicted molar refractivity (Wildman–Crippen MR) is 59.0 cm³/mol. The Kier molecular flexibility index (Phi) is 3.26. The first-order chi connectivity index (χ1) is 7.51. The largest absolute Gasteiger partial charge is 0.398 e. The van der Waals surface area contributed by atoms with Gasteiger partial charge >= 0.3 is 0 Å². The molecule has 1 aromatic rings. The fourth-order valence-electron chi connectivity index (χ4n) is 1.25. The lowest BCUT2D eigenvalue weighted by atomic mass is 10.0. The Hall–Kier alpha value is -2.35. The number of anilines is 1. The minimum atomic E-state index is -0.321. The maximum atomic E-state index is 11.7. The van der Waals surface area contributed by atoms with Crippen LogP contribution < -0.4 is 5.73 Å². The summed E-state index contributed by atoms with van der Waals surface area (Å²) in [5.74, 6) is -0.321. The van der Waals surface area contributed by atoms with Crippen LogP contribution in [0.25, 0.3) is 0 Å². The van der Waals surface area contributed by atoms with Crippen molar-refractivity contribution in [3.8, 4) is 6.07 Å². The van der Waals surface area contributed by atoms with E-state index < -0.39 is 0 Å². The first-order valence-corrected chi connectivity index (χ1v) is 4.51. The number of nitriles is 1. The molecule has 0 unspecified atom stereocenters. The number of amides is 1. The lowest BCUT2D eigenvalue weighted by molar-refractivity contribution is 0.0824. The average molecular weight is 217 g/mol. The molecule has 16 heavy (non-hydrogen) atoms. The van der Waals surface area contributed by atoms with E-state index in [0.717, 1.165) is 0 Å². The second kappa shape index (κ2) is 4.45. The molecule has 0 heterocycles. The molecule has 0 saturated carbocycles. The van der Waals surface area contributed by atoms with Crippen LogP contribution in [0.4, 0.5) is 5.69 Å². The molecular weight excluding hydrogens is 206 g/mol. The first kappa shape index (κ1) is 11.7. The summed E-state index contributed by atoms with van der Waals surface area (Å²) < 4.78 is 0. The van der Waals surface area contributed by atoms with Crippen molar-refractivity contribution in [1.82, 2.24) is 4.90 Å². The van der Waals surface area contributed by atoms with Gasteiger partial charge in [-0.1, -0.05) is 0 Å². The van der Waals surface area contributed by atoms with Gasteiger partial charge in [-0.3, -0.25) is 9.59 Å². The number of benzene rings is 1. The van der Waals surface area contributed by atoms with E-state index in [1.165, 1.54) is 17.0 Å². The Morgan fingerprint density at radius 1 is 1.50 bits per heavy atom. The van der Waals surface area contributed by atoms with Gasteiger partial charge in [-0.2, -0.15) is 5.26 Å². The molecule has 1 rings (SSSR count). The Bertz CT molecular complexity index is 487. The summed E-state index contributed by atoms with van der Waals surface area (Å²) in [5.41, 5.74) is 6.35. The quantitative estimate of drug-likeness (QED) is 0.582. The second-order valence-corrected chi connectivity index (χ2v) is 3.46. The van der Waals surface area contributed by atoms with E-state index >= 15 is 0 Å². The number of nitrogens with two attached hydrogens (primary N) is 1. The van der Waals surface area contributed by atoms with Crippen molar-refractivity contribution in [2.24, 2.45) is 0 Å². The van der Waals surface area contributed by atoms with Crippen molar-refractivity contribution in [3.05, 3.63) is 28.8 Å². The number of nitrogens with zero attached hydrogens (tertiary/aromatic N) is 2. The highest BCUT2D eigenvalue weighted by molar-refractivity contribution is 6.02. The van der Waals surface area contributed by atoms with Crippen molar-refractivity contribution < 1.29 is 9.59 Å². The third kappa shape index (κ3) is 2.01. The molecule has 0 aliphatic heterocycles. The van der Waals surface area contributed by atoms with Crippen molar-refractivity contribution in [2.75, 3.05) is 19.8 Å². The number of carbonyl (C=O) groups excluding carboxylic acids is 2. The van der Waals surface area contributed by atoms with Gasteiger partial charge < -0.3 is 10.6 Å². The zero-order chi connectivity index (χ0) is 12.3. The summed E-state index contributed by atoms with van der Waals surface area (Å²) in [5, 5.41) is 8.74. The van der Waals surface area contributed by atoms with Crippen molar-refractivity contribution >= 4 is 17.9 Å². The zero-order valence-corrected chi connectivity index (χ0v) is 9.02. The Labute approximate surface area is 93.1 Å². The zero-order valence-electron chi connectivity index (χ0n) is 9.02. The molecule has 82 valence electrons. The summed E-state index contributed by atoms with van der Waals surface area (Å²) >= 11 is 0. The molecule has 0 bridgehead atoms. The molecule has 5 heteroatoms. The SMILES string of the molecule is CN(C)C(=O)c1cc(N)c(C#N)cc1C=O. The van der Waals surface area contributed by atoms with Gasteiger partial charge in [0.2, 0.25) is 0 Å². The van der Waals surface area contributed by atoms with Crippen LogP contribution in [0, 0.1) is 11.3 Å². The number of aldehydes is 1.